The van der Waals surface area contributed by atoms with Crippen molar-refractivity contribution in [3.8, 4) is 0 Å². The van der Waals surface area contributed by atoms with Gasteiger partial charge in [0.25, 0.3) is 5.91 Å². The number of aliphatic hydroxyl groups is 1. The lowest BCUT2D eigenvalue weighted by molar-refractivity contribution is 0.0378. The maximum Gasteiger partial charge on any atom is 0.256 e. The van der Waals surface area contributed by atoms with Gasteiger partial charge in [0.2, 0.25) is 0 Å². The summed E-state index contributed by atoms with van der Waals surface area (Å²) >= 11 is 5.40. The van der Waals surface area contributed by atoms with Gasteiger partial charge in [-0.1, -0.05) is 11.6 Å². The van der Waals surface area contributed by atoms with Crippen molar-refractivity contribution in [2.75, 3.05) is 27.3 Å². The molecular weight excluding hydrogens is 280 g/mol. The van der Waals surface area contributed by atoms with Crippen LogP contribution in [0.1, 0.15) is 10.4 Å². The van der Waals surface area contributed by atoms with Gasteiger partial charge in [-0.2, -0.15) is 0 Å². The maximum absolute atomic E-state index is 13.5. The van der Waals surface area contributed by atoms with Gasteiger partial charge >= 0.3 is 0 Å². The van der Waals surface area contributed by atoms with E-state index >= 15 is 0 Å². The standard InChI is InChI=1S/C12H14ClF2NO3/c1-16(5-7(17)6-19-2)12(18)8-3-11(15)9(13)4-10(8)14/h3-4,7,17H,5-6H2,1-2H3. The molecular formula is C12H14ClF2NO3. The van der Waals surface area contributed by atoms with E-state index in [0.29, 0.717) is 0 Å². The van der Waals surface area contributed by atoms with Gasteiger partial charge in [0.15, 0.2) is 0 Å². The molecule has 1 aromatic carbocycles. The van der Waals surface area contributed by atoms with Crippen LogP contribution >= 0.6 is 11.6 Å². The van der Waals surface area contributed by atoms with E-state index in [1.807, 2.05) is 0 Å². The third-order valence-corrected chi connectivity index (χ3v) is 2.72. The van der Waals surface area contributed by atoms with Crippen molar-refractivity contribution < 1.29 is 23.4 Å². The van der Waals surface area contributed by atoms with Crippen molar-refractivity contribution in [1.29, 1.82) is 0 Å². The number of amides is 1. The van der Waals surface area contributed by atoms with Crippen LogP contribution in [0.25, 0.3) is 0 Å². The quantitative estimate of drug-likeness (QED) is 0.841. The summed E-state index contributed by atoms with van der Waals surface area (Å²) in [4.78, 5) is 13.0. The van der Waals surface area contributed by atoms with Crippen molar-refractivity contribution in [3.63, 3.8) is 0 Å². The summed E-state index contributed by atoms with van der Waals surface area (Å²) in [5.74, 6) is -2.54. The molecule has 0 saturated carbocycles. The molecule has 106 valence electrons. The summed E-state index contributed by atoms with van der Waals surface area (Å²) in [5.41, 5.74) is -0.436. The van der Waals surface area contributed by atoms with Gasteiger partial charge in [-0.3, -0.25) is 4.79 Å². The van der Waals surface area contributed by atoms with Crippen LogP contribution in [0.15, 0.2) is 12.1 Å². The Balaban J connectivity index is 2.85. The number of ether oxygens (including phenoxy) is 1. The Kier molecular flexibility index (Phi) is 5.65. The molecule has 1 rings (SSSR count). The van der Waals surface area contributed by atoms with Crippen LogP contribution in [0.3, 0.4) is 0 Å². The Morgan fingerprint density at radius 1 is 1.47 bits per heavy atom. The zero-order valence-corrected chi connectivity index (χ0v) is 11.2. The van der Waals surface area contributed by atoms with E-state index < -0.39 is 34.2 Å². The van der Waals surface area contributed by atoms with Crippen LogP contribution in [0.5, 0.6) is 0 Å². The first-order chi connectivity index (χ1) is 8.86. The summed E-state index contributed by atoms with van der Waals surface area (Å²) in [6, 6.07) is 1.47. The lowest BCUT2D eigenvalue weighted by Crippen LogP contribution is -2.36. The van der Waals surface area contributed by atoms with Crippen LogP contribution in [0, 0.1) is 11.6 Å². The van der Waals surface area contributed by atoms with E-state index in [-0.39, 0.29) is 13.2 Å². The number of hydrogen-bond acceptors (Lipinski definition) is 3. The molecule has 0 saturated heterocycles. The van der Waals surface area contributed by atoms with Crippen molar-refractivity contribution in [1.82, 2.24) is 4.90 Å². The molecule has 1 N–H and O–H groups in total. The van der Waals surface area contributed by atoms with Crippen LogP contribution in [0.2, 0.25) is 5.02 Å². The van der Waals surface area contributed by atoms with E-state index in [2.05, 4.69) is 0 Å². The fraction of sp³-hybridized carbons (Fsp3) is 0.417. The van der Waals surface area contributed by atoms with Gasteiger partial charge in [0.05, 0.1) is 23.3 Å². The lowest BCUT2D eigenvalue weighted by Gasteiger charge is -2.20. The minimum Gasteiger partial charge on any atom is -0.389 e. The second kappa shape index (κ2) is 6.79. The molecule has 0 aliphatic heterocycles. The molecule has 1 atom stereocenters. The number of rotatable bonds is 5. The van der Waals surface area contributed by atoms with Crippen molar-refractivity contribution in [2.24, 2.45) is 0 Å². The normalized spacial score (nSPS) is 12.3. The maximum atomic E-state index is 13.5. The minimum atomic E-state index is -0.913. The zero-order valence-electron chi connectivity index (χ0n) is 10.5. The predicted molar refractivity (Wildman–Crippen MR) is 66.2 cm³/mol. The molecule has 0 bridgehead atoms. The summed E-state index contributed by atoms with van der Waals surface area (Å²) in [6.45, 7) is -0.0224. The number of methoxy groups -OCH3 is 1. The number of hydrogen-bond donors (Lipinski definition) is 1. The highest BCUT2D eigenvalue weighted by Gasteiger charge is 2.20. The summed E-state index contributed by atoms with van der Waals surface area (Å²) < 4.78 is 31.5. The van der Waals surface area contributed by atoms with E-state index in [1.165, 1.54) is 14.2 Å². The second-order valence-corrected chi connectivity index (χ2v) is 4.45. The van der Waals surface area contributed by atoms with Crippen LogP contribution < -0.4 is 0 Å². The summed E-state index contributed by atoms with van der Waals surface area (Å²) in [5, 5.41) is 9.08. The van der Waals surface area contributed by atoms with E-state index in [1.54, 1.807) is 0 Å². The fourth-order valence-corrected chi connectivity index (χ4v) is 1.69. The molecule has 0 spiro atoms. The molecule has 4 nitrogen and oxygen atoms in total. The molecule has 7 heteroatoms. The highest BCUT2D eigenvalue weighted by atomic mass is 35.5. The third-order valence-electron chi connectivity index (χ3n) is 2.43. The average Bonchev–Trinajstić information content (AvgIpc) is 2.33. The Hall–Kier alpha value is -1.24. The predicted octanol–water partition coefficient (Wildman–Crippen LogP) is 1.70. The summed E-state index contributed by atoms with van der Waals surface area (Å²) in [6.07, 6.45) is -0.904. The Labute approximate surface area is 114 Å². The zero-order chi connectivity index (χ0) is 14.6. The lowest BCUT2D eigenvalue weighted by atomic mass is 10.1. The van der Waals surface area contributed by atoms with Gasteiger partial charge < -0.3 is 14.7 Å². The summed E-state index contributed by atoms with van der Waals surface area (Å²) in [7, 11) is 2.77. The van der Waals surface area contributed by atoms with Gasteiger partial charge in [-0.15, -0.1) is 0 Å². The van der Waals surface area contributed by atoms with Crippen LogP contribution in [-0.4, -0.2) is 49.3 Å². The third kappa shape index (κ3) is 4.12. The van der Waals surface area contributed by atoms with E-state index in [9.17, 15) is 18.7 Å². The molecule has 0 heterocycles. The molecule has 1 amide bonds. The van der Waals surface area contributed by atoms with Gasteiger partial charge in [0.1, 0.15) is 11.6 Å². The number of nitrogens with zero attached hydrogens (tertiary/aromatic N) is 1. The molecule has 0 aromatic heterocycles. The second-order valence-electron chi connectivity index (χ2n) is 4.04. The number of carbonyl (C=O) groups excluding carboxylic acids is 1. The first-order valence-electron chi connectivity index (χ1n) is 5.43. The van der Waals surface area contributed by atoms with Gasteiger partial charge in [0, 0.05) is 20.7 Å². The fourth-order valence-electron chi connectivity index (χ4n) is 1.54. The van der Waals surface area contributed by atoms with Crippen molar-refractivity contribution in [2.45, 2.75) is 6.10 Å². The molecule has 19 heavy (non-hydrogen) atoms. The Morgan fingerprint density at radius 2 is 2.11 bits per heavy atom. The van der Waals surface area contributed by atoms with E-state index in [4.69, 9.17) is 16.3 Å². The smallest absolute Gasteiger partial charge is 0.256 e. The number of likely N-dealkylation sites (N-methyl/N-ethyl adjacent to an activating group) is 1. The number of benzene rings is 1. The van der Waals surface area contributed by atoms with Gasteiger partial charge in [-0.25, -0.2) is 8.78 Å². The Morgan fingerprint density at radius 3 is 2.68 bits per heavy atom. The number of halogens is 3. The molecule has 0 fully saturated rings. The highest BCUT2D eigenvalue weighted by molar-refractivity contribution is 6.30. The molecule has 0 radical (unpaired) electrons. The van der Waals surface area contributed by atoms with E-state index in [0.717, 1.165) is 17.0 Å². The Bertz CT molecular complexity index is 471. The number of carbonyl (C=O) groups is 1. The monoisotopic (exact) mass is 293 g/mol. The average molecular weight is 294 g/mol. The molecule has 0 aliphatic carbocycles. The highest BCUT2D eigenvalue weighted by Crippen LogP contribution is 2.20. The van der Waals surface area contributed by atoms with Crippen molar-refractivity contribution >= 4 is 17.5 Å². The SMILES string of the molecule is COCC(O)CN(C)C(=O)c1cc(F)c(Cl)cc1F. The first-order valence-corrected chi connectivity index (χ1v) is 5.81. The van der Waals surface area contributed by atoms with Gasteiger partial charge in [-0.05, 0) is 12.1 Å². The minimum absolute atomic E-state index is 0.0368. The largest absolute Gasteiger partial charge is 0.389 e. The number of aliphatic hydroxyl groups excluding tert-OH is 1. The van der Waals surface area contributed by atoms with Crippen molar-refractivity contribution in [3.05, 3.63) is 34.4 Å². The van der Waals surface area contributed by atoms with Crippen LogP contribution in [0.4, 0.5) is 8.78 Å². The molecule has 0 aliphatic rings. The topological polar surface area (TPSA) is 49.8 Å². The van der Waals surface area contributed by atoms with Crippen LogP contribution in [-0.2, 0) is 4.74 Å². The first kappa shape index (κ1) is 15.8. The molecule has 1 unspecified atom stereocenters. The molecule has 1 aromatic rings.